The predicted molar refractivity (Wildman–Crippen MR) is 176 cm³/mol. The topological polar surface area (TPSA) is 69.4 Å². The highest BCUT2D eigenvalue weighted by Gasteiger charge is 2.40. The quantitative estimate of drug-likeness (QED) is 0.214. The van der Waals surface area contributed by atoms with E-state index in [0.717, 1.165) is 43.8 Å². The first kappa shape index (κ1) is 24.8. The highest BCUT2D eigenvalue weighted by atomic mass is 15.2. The van der Waals surface area contributed by atoms with Crippen molar-refractivity contribution in [2.75, 3.05) is 0 Å². The molecule has 4 aromatic heterocycles. The third kappa shape index (κ3) is 3.39. The van der Waals surface area contributed by atoms with Gasteiger partial charge in [-0.25, -0.2) is 4.98 Å². The summed E-state index contributed by atoms with van der Waals surface area (Å²) in [7, 11) is 0. The van der Waals surface area contributed by atoms with Crippen molar-refractivity contribution in [2.24, 2.45) is 0 Å². The standard InChI is InChI=1S/C38H26N6/c1-38(2)28-18-10-9-16-25(28)30-26-17-11-20-40-33(26)31-27-22-39-21-19-29(27)44(34(31)32(30)38)37-42-35(23-12-5-3-6-13-23)41-36(43-37)24-14-7-4-8-15-24/h3-22H,1-2H3. The molecular weight excluding hydrogens is 540 g/mol. The number of rotatable bonds is 3. The zero-order chi connectivity index (χ0) is 29.4. The van der Waals surface area contributed by atoms with Crippen LogP contribution in [0.1, 0.15) is 25.0 Å². The summed E-state index contributed by atoms with van der Waals surface area (Å²) in [5.74, 6) is 1.81. The van der Waals surface area contributed by atoms with Crippen molar-refractivity contribution in [1.29, 1.82) is 0 Å². The number of hydrogen-bond donors (Lipinski definition) is 0. The van der Waals surface area contributed by atoms with Gasteiger partial charge in [-0.15, -0.1) is 0 Å². The Morgan fingerprint density at radius 2 is 1.32 bits per heavy atom. The molecule has 6 heteroatoms. The second-order valence-electron chi connectivity index (χ2n) is 11.8. The molecule has 0 bridgehead atoms. The second kappa shape index (κ2) is 9.12. The van der Waals surface area contributed by atoms with Gasteiger partial charge in [-0.1, -0.05) is 105 Å². The van der Waals surface area contributed by atoms with Gasteiger partial charge in [0.2, 0.25) is 5.95 Å². The van der Waals surface area contributed by atoms with Crippen LogP contribution in [0.4, 0.5) is 0 Å². The van der Waals surface area contributed by atoms with E-state index < -0.39 is 0 Å². The molecule has 9 rings (SSSR count). The maximum Gasteiger partial charge on any atom is 0.238 e. The molecule has 0 spiro atoms. The molecule has 44 heavy (non-hydrogen) atoms. The van der Waals surface area contributed by atoms with Gasteiger partial charge >= 0.3 is 0 Å². The Bertz CT molecular complexity index is 2350. The fourth-order valence-corrected chi connectivity index (χ4v) is 7.04. The Morgan fingerprint density at radius 3 is 2.05 bits per heavy atom. The summed E-state index contributed by atoms with van der Waals surface area (Å²) >= 11 is 0. The van der Waals surface area contributed by atoms with Crippen molar-refractivity contribution in [1.82, 2.24) is 29.5 Å². The van der Waals surface area contributed by atoms with Crippen LogP contribution < -0.4 is 0 Å². The zero-order valence-electron chi connectivity index (χ0n) is 24.2. The van der Waals surface area contributed by atoms with E-state index in [1.54, 1.807) is 0 Å². The van der Waals surface area contributed by atoms with E-state index in [9.17, 15) is 0 Å². The van der Waals surface area contributed by atoms with Crippen LogP contribution in [0.3, 0.4) is 0 Å². The van der Waals surface area contributed by atoms with Crippen molar-refractivity contribution in [3.8, 4) is 39.9 Å². The molecule has 0 aliphatic heterocycles. The van der Waals surface area contributed by atoms with Crippen molar-refractivity contribution in [3.05, 3.63) is 133 Å². The molecule has 4 heterocycles. The van der Waals surface area contributed by atoms with E-state index >= 15 is 0 Å². The molecule has 6 nitrogen and oxygen atoms in total. The molecule has 0 N–H and O–H groups in total. The summed E-state index contributed by atoms with van der Waals surface area (Å²) < 4.78 is 2.22. The minimum Gasteiger partial charge on any atom is -0.277 e. The van der Waals surface area contributed by atoms with E-state index in [1.165, 1.54) is 22.3 Å². The molecule has 0 saturated heterocycles. The normalized spacial score (nSPS) is 13.4. The fraction of sp³-hybridized carbons (Fsp3) is 0.0789. The molecule has 4 aromatic carbocycles. The van der Waals surface area contributed by atoms with Crippen LogP contribution in [0.5, 0.6) is 0 Å². The lowest BCUT2D eigenvalue weighted by Gasteiger charge is -2.24. The summed E-state index contributed by atoms with van der Waals surface area (Å²) in [4.78, 5) is 24.9. The van der Waals surface area contributed by atoms with E-state index in [4.69, 9.17) is 19.9 Å². The second-order valence-corrected chi connectivity index (χ2v) is 11.8. The Labute approximate surface area is 253 Å². The summed E-state index contributed by atoms with van der Waals surface area (Å²) in [6, 6.07) is 35.2. The van der Waals surface area contributed by atoms with Gasteiger partial charge in [-0.3, -0.25) is 14.5 Å². The summed E-state index contributed by atoms with van der Waals surface area (Å²) in [6.07, 6.45) is 5.66. The Balaban J connectivity index is 1.49. The average Bonchev–Trinajstić information content (AvgIpc) is 3.55. The van der Waals surface area contributed by atoms with Gasteiger partial charge < -0.3 is 0 Å². The highest BCUT2D eigenvalue weighted by molar-refractivity contribution is 6.25. The number of hydrogen-bond acceptors (Lipinski definition) is 5. The van der Waals surface area contributed by atoms with E-state index in [1.807, 2.05) is 85.3 Å². The number of aromatic nitrogens is 6. The SMILES string of the molecule is CC1(C)c2ccccc2-c2c1c1c(c3cnccc3n1-c1nc(-c3ccccc3)nc(-c3ccccc3)n1)c1ncccc21. The largest absolute Gasteiger partial charge is 0.277 e. The number of benzene rings is 4. The molecule has 0 radical (unpaired) electrons. The minimum atomic E-state index is -0.286. The fourth-order valence-electron chi connectivity index (χ4n) is 7.04. The lowest BCUT2D eigenvalue weighted by molar-refractivity contribution is 0.663. The monoisotopic (exact) mass is 566 g/mol. The van der Waals surface area contributed by atoms with Crippen molar-refractivity contribution in [2.45, 2.75) is 19.3 Å². The third-order valence-electron chi connectivity index (χ3n) is 8.95. The Hall–Kier alpha value is -5.75. The van der Waals surface area contributed by atoms with Crippen molar-refractivity contribution < 1.29 is 0 Å². The molecule has 1 aliphatic rings. The first-order chi connectivity index (χ1) is 21.6. The maximum absolute atomic E-state index is 5.17. The molecule has 1 aliphatic carbocycles. The van der Waals surface area contributed by atoms with Crippen LogP contribution in [-0.2, 0) is 5.41 Å². The van der Waals surface area contributed by atoms with Crippen molar-refractivity contribution in [3.63, 3.8) is 0 Å². The molecule has 0 unspecified atom stereocenters. The molecule has 0 amide bonds. The van der Waals surface area contributed by atoms with Crippen LogP contribution in [0.25, 0.3) is 72.6 Å². The van der Waals surface area contributed by atoms with Gasteiger partial charge in [0.15, 0.2) is 11.6 Å². The third-order valence-corrected chi connectivity index (χ3v) is 8.95. The predicted octanol–water partition coefficient (Wildman–Crippen LogP) is 8.55. The van der Waals surface area contributed by atoms with E-state index in [-0.39, 0.29) is 5.41 Å². The van der Waals surface area contributed by atoms with Gasteiger partial charge in [0.1, 0.15) is 0 Å². The van der Waals surface area contributed by atoms with E-state index in [2.05, 4.69) is 59.8 Å². The molecule has 8 aromatic rings. The molecule has 0 atom stereocenters. The number of fused-ring (bicyclic) bond motifs is 10. The van der Waals surface area contributed by atoms with Gasteiger partial charge in [0.05, 0.1) is 16.6 Å². The minimum absolute atomic E-state index is 0.286. The first-order valence-electron chi connectivity index (χ1n) is 14.8. The number of nitrogens with zero attached hydrogens (tertiary/aromatic N) is 6. The van der Waals surface area contributed by atoms with Crippen LogP contribution >= 0.6 is 0 Å². The Morgan fingerprint density at radius 1 is 0.636 bits per heavy atom. The first-order valence-corrected chi connectivity index (χ1v) is 14.8. The zero-order valence-corrected chi connectivity index (χ0v) is 24.2. The molecule has 0 fully saturated rings. The van der Waals surface area contributed by atoms with Gasteiger partial charge in [-0.2, -0.15) is 9.97 Å². The summed E-state index contributed by atoms with van der Waals surface area (Å²) in [5.41, 5.74) is 9.57. The van der Waals surface area contributed by atoms with Gasteiger partial charge in [0, 0.05) is 51.3 Å². The smallest absolute Gasteiger partial charge is 0.238 e. The molecule has 208 valence electrons. The van der Waals surface area contributed by atoms with Crippen LogP contribution in [0.15, 0.2) is 122 Å². The van der Waals surface area contributed by atoms with Gasteiger partial charge in [-0.05, 0) is 34.4 Å². The van der Waals surface area contributed by atoms with Crippen LogP contribution in [0.2, 0.25) is 0 Å². The van der Waals surface area contributed by atoms with E-state index in [0.29, 0.717) is 17.6 Å². The summed E-state index contributed by atoms with van der Waals surface area (Å²) in [6.45, 7) is 4.63. The molecular formula is C38H26N6. The highest BCUT2D eigenvalue weighted by Crippen LogP contribution is 2.55. The van der Waals surface area contributed by atoms with Crippen LogP contribution in [-0.4, -0.2) is 29.5 Å². The summed E-state index contributed by atoms with van der Waals surface area (Å²) in [5, 5.41) is 3.22. The lowest BCUT2D eigenvalue weighted by atomic mass is 9.81. The average molecular weight is 567 g/mol. The Kier molecular flexibility index (Phi) is 5.14. The maximum atomic E-state index is 5.17. The lowest BCUT2D eigenvalue weighted by Crippen LogP contribution is -2.17. The molecule has 0 saturated carbocycles. The van der Waals surface area contributed by atoms with Crippen LogP contribution in [0, 0.1) is 0 Å². The number of pyridine rings is 2. The van der Waals surface area contributed by atoms with Gasteiger partial charge in [0.25, 0.3) is 0 Å². The van der Waals surface area contributed by atoms with Crippen molar-refractivity contribution >= 4 is 32.7 Å².